The van der Waals surface area contributed by atoms with E-state index in [1.54, 1.807) is 11.3 Å². The van der Waals surface area contributed by atoms with Crippen LogP contribution in [0.4, 0.5) is 0 Å². The van der Waals surface area contributed by atoms with Crippen molar-refractivity contribution < 1.29 is 71.2 Å². The van der Waals surface area contributed by atoms with Gasteiger partial charge in [-0.15, -0.1) is 104 Å². The third-order valence-electron chi connectivity index (χ3n) is 14.1. The molecule has 12 heteroatoms. The predicted octanol–water partition coefficient (Wildman–Crippen LogP) is 14.0. The number of carbonyl (C=O) groups is 1. The molecular weight excluding hydrogens is 1590 g/mol. The van der Waals surface area contributed by atoms with Crippen molar-refractivity contribution in [3.63, 3.8) is 0 Å². The maximum Gasteiger partial charge on any atom is 4.00 e. The van der Waals surface area contributed by atoms with Gasteiger partial charge in [-0.1, -0.05) is 195 Å². The molecule has 0 unspecified atom stereocenters. The molecule has 11 rings (SSSR count). The van der Waals surface area contributed by atoms with Crippen molar-refractivity contribution in [3.8, 4) is 21.8 Å². The molecule has 0 amide bonds. The van der Waals surface area contributed by atoms with Crippen molar-refractivity contribution >= 4 is 62.3 Å². The Morgan fingerprint density at radius 1 is 0.524 bits per heavy atom. The maximum atomic E-state index is 10.0. The quantitative estimate of drug-likeness (QED) is 0.0773. The Morgan fingerprint density at radius 3 is 1.36 bits per heavy atom. The fraction of sp³-hybridized carbons (Fsp3) is 0.292. The molecule has 2 radical (unpaired) electrons. The van der Waals surface area contributed by atoms with Gasteiger partial charge in [-0.05, 0) is 103 Å². The fourth-order valence-corrected chi connectivity index (χ4v) is 11.6. The van der Waals surface area contributed by atoms with Crippen LogP contribution in [-0.2, 0) is 117 Å². The van der Waals surface area contributed by atoms with Crippen LogP contribution in [0.3, 0.4) is 0 Å². The van der Waals surface area contributed by atoms with Crippen LogP contribution in [0.25, 0.3) is 67.0 Å². The van der Waals surface area contributed by atoms with Crippen molar-refractivity contribution in [3.05, 3.63) is 222 Å². The van der Waals surface area contributed by atoms with Gasteiger partial charge in [0.15, 0.2) is 5.78 Å². The van der Waals surface area contributed by atoms with Crippen LogP contribution in [0.5, 0.6) is 0 Å². The van der Waals surface area contributed by atoms with Crippen molar-refractivity contribution in [1.29, 1.82) is 0 Å². The summed E-state index contributed by atoms with van der Waals surface area (Å²) in [4.78, 5) is 40.9. The summed E-state index contributed by atoms with van der Waals surface area (Å²) >= 11 is 1.73. The molecule has 84 heavy (non-hydrogen) atoms. The van der Waals surface area contributed by atoms with Gasteiger partial charge in [0, 0.05) is 64.4 Å². The number of ketones is 1. The molecule has 7 aromatic heterocycles. The summed E-state index contributed by atoms with van der Waals surface area (Å²) in [7, 11) is 0. The van der Waals surface area contributed by atoms with Crippen molar-refractivity contribution in [2.45, 2.75) is 143 Å². The summed E-state index contributed by atoms with van der Waals surface area (Å²) in [6.07, 6.45) is 21.4. The molecule has 0 saturated heterocycles. The van der Waals surface area contributed by atoms with Gasteiger partial charge in [0.2, 0.25) is 0 Å². The SMILES string of the molecule is C.C.C.CC(=O)C=C(C)O.CCc1c2[n-]c(c1CC)C=c1[n-]c(c(CC)c1CC)=Cc1[n-]c(c(CC)c1CC)C=c1[n-]c(c(CC)c1CC)=C2.[Ir].[Ir].[Pt+4].[c-]1c(-c2ccccn2)sc2ccccc12.[c-]1ccccc1-c1nccc2ccccc12. The number of hydrogen-bond acceptors (Lipinski definition) is 5. The zero-order chi connectivity index (χ0) is 55.3. The molecule has 8 bridgehead atoms. The number of hydrogen-bond donors (Lipinski definition) is 1. The molecular formula is C72H82Ir2N6O2PtS-2. The molecule has 8 heterocycles. The smallest absolute Gasteiger partial charge is 0.657 e. The van der Waals surface area contributed by atoms with Crippen LogP contribution in [0.2, 0.25) is 0 Å². The van der Waals surface area contributed by atoms with Crippen molar-refractivity contribution in [2.75, 3.05) is 0 Å². The number of carbonyl (C=O) groups excluding carboxylic acids is 1. The number of nitrogens with zero attached hydrogens (tertiary/aromatic N) is 6. The number of allylic oxidation sites excluding steroid dienone is 2. The van der Waals surface area contributed by atoms with E-state index in [0.717, 1.165) is 117 Å². The van der Waals surface area contributed by atoms with E-state index in [-0.39, 0.29) is 95.1 Å². The number of aliphatic hydroxyl groups excluding tert-OH is 1. The topological polar surface area (TPSA) is 119 Å². The summed E-state index contributed by atoms with van der Waals surface area (Å²) in [5.41, 5.74) is 17.9. The van der Waals surface area contributed by atoms with Crippen LogP contribution < -0.4 is 41.3 Å². The van der Waals surface area contributed by atoms with E-state index in [4.69, 9.17) is 25.0 Å². The minimum Gasteiger partial charge on any atom is -0.657 e. The summed E-state index contributed by atoms with van der Waals surface area (Å²) in [6.45, 7) is 20.8. The Balaban J connectivity index is 0.000000450. The van der Waals surface area contributed by atoms with Gasteiger partial charge >= 0.3 is 21.1 Å². The Bertz CT molecular complexity index is 3680. The first-order valence-corrected chi connectivity index (χ1v) is 28.4. The van der Waals surface area contributed by atoms with E-state index in [9.17, 15) is 4.79 Å². The average molecular weight is 1680 g/mol. The number of pyridine rings is 2. The standard InChI is InChI=1S/C36H44N4.C15H10N.C13H8NS.C5H8O2.3CH4.2Ir.Pt/c1-9-21-22(10-2)30-18-32-25(13-5)26(14-6)34(39-32)20-36-28(16-8)27(15-7)35(40-36)19-33-24(12-4)23(11-3)31(38-33)17-29(21)37-30;1-2-7-13(8-3-1)15-14-9-5-4-6-12(14)10-11-16-15;1-2-7-12-10(5-1)9-13(15-12)11-6-3-4-8-14-11;1-4(6)3-5(2)7;;;;;;/h17-20H,9-16H2,1-8H3;1-7,9-11H;1-8H;3,6H,1-2H3;3*1H4;;;/q-4;2*-1;;;;;;;+4. The van der Waals surface area contributed by atoms with E-state index in [2.05, 4.69) is 132 Å². The van der Waals surface area contributed by atoms with Gasteiger partial charge in [-0.3, -0.25) is 4.79 Å². The number of rotatable bonds is 11. The molecule has 0 saturated carbocycles. The number of benzene rings is 3. The fourth-order valence-electron chi connectivity index (χ4n) is 10.6. The largest absolute Gasteiger partial charge is 4.00 e. The van der Waals surface area contributed by atoms with Gasteiger partial charge in [-0.25, -0.2) is 11.3 Å². The minimum atomic E-state index is -0.125. The van der Waals surface area contributed by atoms with Crippen LogP contribution in [0.15, 0.2) is 121 Å². The Labute approximate surface area is 545 Å². The van der Waals surface area contributed by atoms with Crippen molar-refractivity contribution in [2.24, 2.45) is 0 Å². The van der Waals surface area contributed by atoms with Crippen LogP contribution in [0.1, 0.15) is 159 Å². The van der Waals surface area contributed by atoms with Gasteiger partial charge in [-0.2, -0.15) is 0 Å². The minimum absolute atomic E-state index is 0. The molecule has 1 aliphatic heterocycles. The molecule has 1 N–H and O–H groups in total. The van der Waals surface area contributed by atoms with Gasteiger partial charge in [0.1, 0.15) is 0 Å². The zero-order valence-corrected chi connectivity index (χ0v) is 55.7. The normalized spacial score (nSPS) is 10.9. The summed E-state index contributed by atoms with van der Waals surface area (Å²) < 4.78 is 1.26. The summed E-state index contributed by atoms with van der Waals surface area (Å²) in [6, 6.07) is 39.0. The molecule has 448 valence electrons. The van der Waals surface area contributed by atoms with Crippen LogP contribution >= 0.6 is 11.3 Å². The van der Waals surface area contributed by atoms with E-state index >= 15 is 0 Å². The Hall–Kier alpha value is -6.02. The average Bonchev–Trinajstić information content (AvgIpc) is 4.04. The van der Waals surface area contributed by atoms with Crippen molar-refractivity contribution in [1.82, 2.24) is 29.9 Å². The monoisotopic (exact) mass is 1680 g/mol. The first-order chi connectivity index (χ1) is 38.0. The third-order valence-corrected chi connectivity index (χ3v) is 15.2. The van der Waals surface area contributed by atoms with Gasteiger partial charge < -0.3 is 35.0 Å². The zero-order valence-electron chi connectivity index (χ0n) is 47.9. The van der Waals surface area contributed by atoms with E-state index < -0.39 is 0 Å². The molecule has 1 aliphatic rings. The Kier molecular flexibility index (Phi) is 31.3. The van der Waals surface area contributed by atoms with Crippen LogP contribution in [0, 0.1) is 12.1 Å². The third kappa shape index (κ3) is 17.1. The van der Waals surface area contributed by atoms with Crippen LogP contribution in [-0.4, -0.2) is 20.9 Å². The molecule has 0 aliphatic carbocycles. The molecule has 10 aromatic rings. The second-order valence-electron chi connectivity index (χ2n) is 19.1. The number of fused-ring (bicyclic) bond motifs is 10. The molecule has 0 fully saturated rings. The second kappa shape index (κ2) is 35.4. The van der Waals surface area contributed by atoms with E-state index in [0.29, 0.717) is 0 Å². The predicted molar refractivity (Wildman–Crippen MR) is 344 cm³/mol. The molecule has 8 nitrogen and oxygen atoms in total. The summed E-state index contributed by atoms with van der Waals surface area (Å²) in [5.74, 6) is -0.0625. The maximum absolute atomic E-state index is 10.0. The Morgan fingerprint density at radius 2 is 0.964 bits per heavy atom. The molecule has 0 atom stereocenters. The first-order valence-electron chi connectivity index (χ1n) is 27.6. The number of aromatic nitrogens is 6. The van der Waals surface area contributed by atoms with E-state index in [1.165, 1.54) is 85.3 Å². The van der Waals surface area contributed by atoms with E-state index in [1.807, 2.05) is 79.1 Å². The number of aliphatic hydroxyl groups is 1. The molecule has 3 aromatic carbocycles. The second-order valence-corrected chi connectivity index (χ2v) is 20.1. The first kappa shape index (κ1) is 74.1. The van der Waals surface area contributed by atoms with Gasteiger partial charge in [0.05, 0.1) is 5.76 Å². The summed E-state index contributed by atoms with van der Waals surface area (Å²) in [5, 5.41) is 16.2. The molecule has 0 spiro atoms. The van der Waals surface area contributed by atoms with Gasteiger partial charge in [0.25, 0.3) is 0 Å². The number of thiophene rings is 1.